The first kappa shape index (κ1) is 21.2. The maximum atomic E-state index is 12.7. The van der Waals surface area contributed by atoms with E-state index in [1.54, 1.807) is 4.90 Å². The van der Waals surface area contributed by atoms with Crippen molar-refractivity contribution in [3.8, 4) is 0 Å². The van der Waals surface area contributed by atoms with E-state index in [2.05, 4.69) is 21.9 Å². The minimum Gasteiger partial charge on any atom is -0.447 e. The van der Waals surface area contributed by atoms with E-state index in [-0.39, 0.29) is 23.5 Å². The van der Waals surface area contributed by atoms with Crippen LogP contribution in [0.3, 0.4) is 0 Å². The second-order valence-electron chi connectivity index (χ2n) is 9.43. The van der Waals surface area contributed by atoms with Crippen LogP contribution in [0.5, 0.6) is 0 Å². The fourth-order valence-electron chi connectivity index (χ4n) is 5.32. The monoisotopic (exact) mass is 418 g/mol. The summed E-state index contributed by atoms with van der Waals surface area (Å²) in [5.74, 6) is 1.21. The molecule has 0 N–H and O–H groups in total. The number of amides is 1. The van der Waals surface area contributed by atoms with E-state index in [1.165, 1.54) is 12.8 Å². The van der Waals surface area contributed by atoms with Crippen LogP contribution in [-0.4, -0.2) is 78.2 Å². The van der Waals surface area contributed by atoms with Crippen LogP contribution in [0.15, 0.2) is 10.6 Å². The van der Waals surface area contributed by atoms with E-state index in [0.29, 0.717) is 44.6 Å². The molecule has 3 aliphatic rings. The summed E-state index contributed by atoms with van der Waals surface area (Å²) in [6.45, 7) is 10.4. The first-order valence-electron chi connectivity index (χ1n) is 11.3. The van der Waals surface area contributed by atoms with Crippen molar-refractivity contribution < 1.29 is 18.8 Å². The highest BCUT2D eigenvalue weighted by molar-refractivity contribution is 5.68. The van der Waals surface area contributed by atoms with Crippen LogP contribution in [0, 0.1) is 5.92 Å². The van der Waals surface area contributed by atoms with Crippen LogP contribution >= 0.6 is 0 Å². The van der Waals surface area contributed by atoms with Crippen LogP contribution in [0.2, 0.25) is 0 Å². The number of fused-ring (bicyclic) bond motifs is 1. The van der Waals surface area contributed by atoms with Crippen LogP contribution in [0.1, 0.15) is 58.1 Å². The van der Waals surface area contributed by atoms with Crippen LogP contribution in [0.4, 0.5) is 10.6 Å². The van der Waals surface area contributed by atoms with Gasteiger partial charge in [-0.25, -0.2) is 4.79 Å². The number of hydrogen-bond donors (Lipinski definition) is 0. The van der Waals surface area contributed by atoms with Gasteiger partial charge in [-0.3, -0.25) is 4.90 Å². The Labute approximate surface area is 178 Å². The van der Waals surface area contributed by atoms with Gasteiger partial charge in [-0.05, 0) is 45.1 Å². The Bertz CT molecular complexity index is 758. The maximum absolute atomic E-state index is 12.7. The van der Waals surface area contributed by atoms with Crippen molar-refractivity contribution in [1.82, 2.24) is 15.0 Å². The molecule has 3 atom stereocenters. The second-order valence-corrected chi connectivity index (χ2v) is 9.43. The summed E-state index contributed by atoms with van der Waals surface area (Å²) >= 11 is 0. The highest BCUT2D eigenvalue weighted by atomic mass is 16.6. The number of aromatic nitrogens is 1. The summed E-state index contributed by atoms with van der Waals surface area (Å²) in [5, 5.41) is 4.14. The van der Waals surface area contributed by atoms with Gasteiger partial charge in [0.05, 0.1) is 11.5 Å². The standard InChI is InChI=1S/C22H34N4O4/c1-16(2)18(14-27)19-13-20(23-30-19)24-9-11-25(12-10-24)21(28)29-15-22-6-4-8-26(22)17(3)5-7-22/h13-14,16-18H,4-12,15H2,1-3H3/t17-,18?,22+/m0/s1. The molecular weight excluding hydrogens is 384 g/mol. The lowest BCUT2D eigenvalue weighted by atomic mass is 9.95. The van der Waals surface area contributed by atoms with Crippen molar-refractivity contribution in [2.24, 2.45) is 5.92 Å². The molecule has 0 aromatic carbocycles. The minimum absolute atomic E-state index is 0.0690. The number of ether oxygens (including phenoxy) is 1. The lowest BCUT2D eigenvalue weighted by Crippen LogP contribution is -2.51. The topological polar surface area (TPSA) is 79.1 Å². The molecule has 3 fully saturated rings. The Morgan fingerprint density at radius 2 is 2.07 bits per heavy atom. The van der Waals surface area contributed by atoms with Gasteiger partial charge in [0.2, 0.25) is 0 Å². The zero-order valence-electron chi connectivity index (χ0n) is 18.4. The summed E-state index contributed by atoms with van der Waals surface area (Å²) in [4.78, 5) is 30.4. The Hall–Kier alpha value is -2.09. The molecule has 166 valence electrons. The van der Waals surface area contributed by atoms with Gasteiger partial charge >= 0.3 is 6.09 Å². The van der Waals surface area contributed by atoms with Crippen LogP contribution in [0.25, 0.3) is 0 Å². The lowest BCUT2D eigenvalue weighted by Gasteiger charge is -2.36. The Morgan fingerprint density at radius 1 is 1.30 bits per heavy atom. The fourth-order valence-corrected chi connectivity index (χ4v) is 5.32. The molecule has 0 bridgehead atoms. The predicted octanol–water partition coefficient (Wildman–Crippen LogP) is 2.89. The smallest absolute Gasteiger partial charge is 0.409 e. The molecule has 1 aromatic rings. The number of carbonyl (C=O) groups excluding carboxylic acids is 2. The number of hydrogen-bond acceptors (Lipinski definition) is 7. The molecule has 1 amide bonds. The number of anilines is 1. The van der Waals surface area contributed by atoms with Gasteiger partial charge in [0, 0.05) is 38.3 Å². The van der Waals surface area contributed by atoms with E-state index >= 15 is 0 Å². The second kappa shape index (κ2) is 8.57. The number of piperazine rings is 1. The average Bonchev–Trinajstić information content (AvgIpc) is 3.45. The number of aldehydes is 1. The summed E-state index contributed by atoms with van der Waals surface area (Å²) in [7, 11) is 0. The molecule has 8 nitrogen and oxygen atoms in total. The number of rotatable bonds is 6. The Balaban J connectivity index is 1.28. The zero-order chi connectivity index (χ0) is 21.3. The molecule has 4 rings (SSSR count). The molecule has 0 radical (unpaired) electrons. The van der Waals surface area contributed by atoms with Gasteiger partial charge in [-0.2, -0.15) is 0 Å². The third-order valence-electron chi connectivity index (χ3n) is 7.25. The van der Waals surface area contributed by atoms with Crippen molar-refractivity contribution in [2.75, 3.05) is 44.2 Å². The van der Waals surface area contributed by atoms with Crippen molar-refractivity contribution >= 4 is 18.2 Å². The van der Waals surface area contributed by atoms with Gasteiger partial charge in [0.25, 0.3) is 0 Å². The molecule has 3 aliphatic heterocycles. The van der Waals surface area contributed by atoms with E-state index in [1.807, 2.05) is 19.9 Å². The zero-order valence-corrected chi connectivity index (χ0v) is 18.4. The van der Waals surface area contributed by atoms with E-state index in [4.69, 9.17) is 9.26 Å². The predicted molar refractivity (Wildman–Crippen MR) is 113 cm³/mol. The van der Waals surface area contributed by atoms with E-state index in [9.17, 15) is 9.59 Å². The molecule has 4 heterocycles. The summed E-state index contributed by atoms with van der Waals surface area (Å²) in [6.07, 6.45) is 5.35. The fraction of sp³-hybridized carbons (Fsp3) is 0.773. The summed E-state index contributed by atoms with van der Waals surface area (Å²) in [5.41, 5.74) is 0.0690. The van der Waals surface area contributed by atoms with E-state index in [0.717, 1.165) is 31.5 Å². The van der Waals surface area contributed by atoms with Crippen molar-refractivity contribution in [1.29, 1.82) is 0 Å². The largest absolute Gasteiger partial charge is 0.447 e. The highest BCUT2D eigenvalue weighted by Gasteiger charge is 2.48. The molecule has 1 unspecified atom stereocenters. The SMILES string of the molecule is CC(C)C(C=O)c1cc(N2CCN(C(=O)OC[C@]34CCCN3[C@@H](C)CC4)CC2)no1. The van der Waals surface area contributed by atoms with Gasteiger partial charge in [-0.15, -0.1) is 0 Å². The average molecular weight is 419 g/mol. The van der Waals surface area contributed by atoms with Crippen molar-refractivity contribution in [3.63, 3.8) is 0 Å². The first-order valence-corrected chi connectivity index (χ1v) is 11.3. The van der Waals surface area contributed by atoms with Crippen LogP contribution in [-0.2, 0) is 9.53 Å². The molecule has 0 spiro atoms. The van der Waals surface area contributed by atoms with Gasteiger partial charge in [0.1, 0.15) is 18.7 Å². The van der Waals surface area contributed by atoms with Crippen molar-refractivity contribution in [2.45, 2.75) is 64.0 Å². The molecule has 1 aromatic heterocycles. The molecule has 3 saturated heterocycles. The molecule has 0 saturated carbocycles. The number of carbonyl (C=O) groups is 2. The van der Waals surface area contributed by atoms with E-state index < -0.39 is 0 Å². The maximum Gasteiger partial charge on any atom is 0.409 e. The minimum atomic E-state index is -0.282. The third kappa shape index (κ3) is 3.94. The highest BCUT2D eigenvalue weighted by Crippen LogP contribution is 2.42. The Kier molecular flexibility index (Phi) is 6.04. The van der Waals surface area contributed by atoms with Gasteiger partial charge in [0.15, 0.2) is 5.82 Å². The van der Waals surface area contributed by atoms with Gasteiger partial charge in [-0.1, -0.05) is 19.0 Å². The van der Waals surface area contributed by atoms with Crippen molar-refractivity contribution in [3.05, 3.63) is 11.8 Å². The lowest BCUT2D eigenvalue weighted by molar-refractivity contribution is -0.110. The molecule has 8 heteroatoms. The third-order valence-corrected chi connectivity index (χ3v) is 7.25. The molecule has 30 heavy (non-hydrogen) atoms. The van der Waals surface area contributed by atoms with Crippen LogP contribution < -0.4 is 4.90 Å². The number of nitrogens with zero attached hydrogens (tertiary/aromatic N) is 4. The molecular formula is C22H34N4O4. The molecule has 0 aliphatic carbocycles. The van der Waals surface area contributed by atoms with Gasteiger partial charge < -0.3 is 23.9 Å². The normalized spacial score (nSPS) is 28.1. The summed E-state index contributed by atoms with van der Waals surface area (Å²) in [6, 6.07) is 2.44. The summed E-state index contributed by atoms with van der Waals surface area (Å²) < 4.78 is 11.2. The quantitative estimate of drug-likeness (QED) is 0.657. The first-order chi connectivity index (χ1) is 14.4. The Morgan fingerprint density at radius 3 is 2.77 bits per heavy atom.